The van der Waals surface area contributed by atoms with Gasteiger partial charge in [0.05, 0.1) is 5.57 Å². The molecule has 122 valence electrons. The topological polar surface area (TPSA) is 46.6 Å². The zero-order valence-corrected chi connectivity index (χ0v) is 13.8. The molecule has 3 aliphatic rings. The van der Waals surface area contributed by atoms with E-state index < -0.39 is 5.60 Å². The quantitative estimate of drug-likeness (QED) is 0.698. The molecule has 2 aliphatic heterocycles. The summed E-state index contributed by atoms with van der Waals surface area (Å²) in [6, 6.07) is 0.264. The Labute approximate surface area is 132 Å². The van der Waals surface area contributed by atoms with Gasteiger partial charge >= 0.3 is 5.97 Å². The van der Waals surface area contributed by atoms with E-state index >= 15 is 0 Å². The minimum Gasteiger partial charge on any atom is -0.451 e. The zero-order chi connectivity index (χ0) is 15.7. The number of carbonyl (C=O) groups excluding carboxylic acids is 2. The molecule has 1 amide bonds. The van der Waals surface area contributed by atoms with Crippen LogP contribution in [0.3, 0.4) is 0 Å². The minimum atomic E-state index is -0.633. The number of rotatable bonds is 1. The van der Waals surface area contributed by atoms with Crippen molar-refractivity contribution < 1.29 is 14.3 Å². The normalized spacial score (nSPS) is 28.7. The van der Waals surface area contributed by atoms with Crippen LogP contribution in [0, 0.1) is 0 Å². The van der Waals surface area contributed by atoms with Gasteiger partial charge in [-0.2, -0.15) is 0 Å². The van der Waals surface area contributed by atoms with Gasteiger partial charge < -0.3 is 9.64 Å². The van der Waals surface area contributed by atoms with Gasteiger partial charge in [-0.3, -0.25) is 4.79 Å². The van der Waals surface area contributed by atoms with Crippen molar-refractivity contribution >= 4 is 11.9 Å². The summed E-state index contributed by atoms with van der Waals surface area (Å²) in [5.74, 6) is -0.229. The fraction of sp³-hybridized carbons (Fsp3) is 0.778. The van der Waals surface area contributed by atoms with E-state index in [1.165, 1.54) is 19.3 Å². The lowest BCUT2D eigenvalue weighted by Gasteiger charge is -2.37. The van der Waals surface area contributed by atoms with Crippen molar-refractivity contribution in [2.24, 2.45) is 0 Å². The molecule has 1 aliphatic carbocycles. The number of esters is 1. The van der Waals surface area contributed by atoms with Crippen LogP contribution in [0.4, 0.5) is 0 Å². The van der Waals surface area contributed by atoms with Gasteiger partial charge in [0.25, 0.3) is 5.91 Å². The Morgan fingerprint density at radius 3 is 2.45 bits per heavy atom. The van der Waals surface area contributed by atoms with Crippen molar-refractivity contribution in [2.45, 2.75) is 83.3 Å². The maximum absolute atomic E-state index is 13.2. The predicted molar refractivity (Wildman–Crippen MR) is 84.3 cm³/mol. The molecule has 4 nitrogen and oxygen atoms in total. The zero-order valence-electron chi connectivity index (χ0n) is 13.8. The molecule has 22 heavy (non-hydrogen) atoms. The number of nitrogens with zero attached hydrogens (tertiary/aromatic N) is 1. The SMILES string of the molecule is CC1=C(C(=O)N2CCCCC2C)C2(CCCCCC2)OC1=O. The maximum Gasteiger partial charge on any atom is 0.335 e. The largest absolute Gasteiger partial charge is 0.451 e. The van der Waals surface area contributed by atoms with E-state index in [4.69, 9.17) is 4.74 Å². The van der Waals surface area contributed by atoms with Crippen LogP contribution in [0.25, 0.3) is 0 Å². The van der Waals surface area contributed by atoms with Crippen molar-refractivity contribution in [3.8, 4) is 0 Å². The highest BCUT2D eigenvalue weighted by molar-refractivity contribution is 6.07. The third-order valence-electron chi connectivity index (χ3n) is 5.61. The molecule has 1 saturated heterocycles. The van der Waals surface area contributed by atoms with Gasteiger partial charge in [0.1, 0.15) is 5.60 Å². The van der Waals surface area contributed by atoms with Gasteiger partial charge in [0.2, 0.25) is 0 Å². The summed E-state index contributed by atoms with van der Waals surface area (Å²) < 4.78 is 5.78. The van der Waals surface area contributed by atoms with Crippen LogP contribution in [0.5, 0.6) is 0 Å². The van der Waals surface area contributed by atoms with Crippen LogP contribution in [-0.2, 0) is 14.3 Å². The Morgan fingerprint density at radius 1 is 1.14 bits per heavy atom. The Hall–Kier alpha value is -1.32. The van der Waals surface area contributed by atoms with Crippen LogP contribution in [0.15, 0.2) is 11.1 Å². The van der Waals surface area contributed by atoms with E-state index in [1.54, 1.807) is 6.92 Å². The fourth-order valence-corrected chi connectivity index (χ4v) is 4.30. The van der Waals surface area contributed by atoms with Gasteiger partial charge in [0, 0.05) is 18.2 Å². The molecular weight excluding hydrogens is 278 g/mol. The third-order valence-corrected chi connectivity index (χ3v) is 5.61. The highest BCUT2D eigenvalue weighted by Gasteiger charge is 2.50. The van der Waals surface area contributed by atoms with Crippen molar-refractivity contribution in [1.29, 1.82) is 0 Å². The highest BCUT2D eigenvalue weighted by Crippen LogP contribution is 2.44. The average molecular weight is 305 g/mol. The molecule has 0 radical (unpaired) electrons. The molecule has 0 N–H and O–H groups in total. The van der Waals surface area contributed by atoms with Crippen LogP contribution < -0.4 is 0 Å². The molecule has 0 aromatic rings. The molecular formula is C18H27NO3. The van der Waals surface area contributed by atoms with E-state index in [9.17, 15) is 9.59 Å². The summed E-state index contributed by atoms with van der Waals surface area (Å²) in [5.41, 5.74) is 0.587. The minimum absolute atomic E-state index is 0.0532. The summed E-state index contributed by atoms with van der Waals surface area (Å²) in [4.78, 5) is 27.3. The molecule has 0 aromatic heterocycles. The number of ether oxygens (including phenoxy) is 1. The van der Waals surface area contributed by atoms with E-state index in [1.807, 2.05) is 4.90 Å². The number of likely N-dealkylation sites (tertiary alicyclic amines) is 1. The summed E-state index contributed by atoms with van der Waals surface area (Å²) in [5, 5.41) is 0. The van der Waals surface area contributed by atoms with Gasteiger partial charge in [-0.25, -0.2) is 4.79 Å². The highest BCUT2D eigenvalue weighted by atomic mass is 16.6. The molecule has 0 bridgehead atoms. The first-order chi connectivity index (χ1) is 10.6. The van der Waals surface area contributed by atoms with E-state index in [0.29, 0.717) is 11.1 Å². The first-order valence-corrected chi connectivity index (χ1v) is 8.81. The molecule has 0 aromatic carbocycles. The molecule has 3 rings (SSSR count). The standard InChI is InChI=1S/C18H27NO3/c1-13-9-5-8-12-19(13)16(20)15-14(2)17(21)22-18(15)10-6-3-4-7-11-18/h13H,3-12H2,1-2H3. The van der Waals surface area contributed by atoms with Crippen molar-refractivity contribution in [1.82, 2.24) is 4.90 Å². The molecule has 4 heteroatoms. The molecule has 2 fully saturated rings. The van der Waals surface area contributed by atoms with E-state index in [0.717, 1.165) is 45.1 Å². The molecule has 1 atom stereocenters. The lowest BCUT2D eigenvalue weighted by atomic mass is 9.84. The number of carbonyl (C=O) groups is 2. The third kappa shape index (κ3) is 2.57. The van der Waals surface area contributed by atoms with Gasteiger partial charge in [0.15, 0.2) is 0 Å². The average Bonchev–Trinajstić information content (AvgIpc) is 2.66. The van der Waals surface area contributed by atoms with Crippen LogP contribution in [0.1, 0.15) is 71.6 Å². The van der Waals surface area contributed by atoms with Gasteiger partial charge in [-0.1, -0.05) is 12.8 Å². The maximum atomic E-state index is 13.2. The summed E-state index contributed by atoms with van der Waals surface area (Å²) in [6.45, 7) is 4.69. The monoisotopic (exact) mass is 305 g/mol. The second kappa shape index (κ2) is 6.05. The summed E-state index contributed by atoms with van der Waals surface area (Å²) in [7, 11) is 0. The number of amides is 1. The lowest BCUT2D eigenvalue weighted by Crippen LogP contribution is -2.47. The Balaban J connectivity index is 1.93. The van der Waals surface area contributed by atoms with E-state index in [2.05, 4.69) is 6.92 Å². The summed E-state index contributed by atoms with van der Waals surface area (Å²) in [6.07, 6.45) is 9.31. The molecule has 1 unspecified atom stereocenters. The van der Waals surface area contributed by atoms with Crippen LogP contribution in [0.2, 0.25) is 0 Å². The number of piperidine rings is 1. The number of hydrogen-bond donors (Lipinski definition) is 0. The smallest absolute Gasteiger partial charge is 0.335 e. The predicted octanol–water partition coefficient (Wildman–Crippen LogP) is 3.35. The Bertz CT molecular complexity index is 500. The van der Waals surface area contributed by atoms with Crippen molar-refractivity contribution in [2.75, 3.05) is 6.54 Å². The van der Waals surface area contributed by atoms with Gasteiger partial charge in [-0.05, 0) is 58.8 Å². The van der Waals surface area contributed by atoms with Crippen molar-refractivity contribution in [3.05, 3.63) is 11.1 Å². The first kappa shape index (κ1) is 15.6. The van der Waals surface area contributed by atoms with E-state index in [-0.39, 0.29) is 17.9 Å². The number of hydrogen-bond acceptors (Lipinski definition) is 3. The second-order valence-electron chi connectivity index (χ2n) is 7.14. The van der Waals surface area contributed by atoms with Crippen molar-refractivity contribution in [3.63, 3.8) is 0 Å². The molecule has 1 spiro atoms. The Morgan fingerprint density at radius 2 is 1.82 bits per heavy atom. The van der Waals surface area contributed by atoms with Crippen LogP contribution >= 0.6 is 0 Å². The lowest BCUT2D eigenvalue weighted by molar-refractivity contribution is -0.149. The Kier molecular flexibility index (Phi) is 4.28. The van der Waals surface area contributed by atoms with Crippen LogP contribution in [-0.4, -0.2) is 35.0 Å². The molecule has 2 heterocycles. The molecule has 1 saturated carbocycles. The van der Waals surface area contributed by atoms with Gasteiger partial charge in [-0.15, -0.1) is 0 Å². The fourth-order valence-electron chi connectivity index (χ4n) is 4.30. The summed E-state index contributed by atoms with van der Waals surface area (Å²) >= 11 is 0. The first-order valence-electron chi connectivity index (χ1n) is 8.81. The second-order valence-corrected chi connectivity index (χ2v) is 7.14.